The zero-order valence-electron chi connectivity index (χ0n) is 54.2. The Hall–Kier alpha value is -6.96. The zero-order valence-corrected chi connectivity index (χ0v) is 54.2. The highest BCUT2D eigenvalue weighted by atomic mass is 16.6. The Morgan fingerprint density at radius 1 is 0.385 bits per heavy atom. The number of carboxylic acids is 3. The van der Waals surface area contributed by atoms with Crippen LogP contribution in [0.15, 0.2) is 60.7 Å². The summed E-state index contributed by atoms with van der Waals surface area (Å²) < 4.78 is 29.3. The van der Waals surface area contributed by atoms with E-state index in [1.807, 2.05) is 67.6 Å². The molecular weight excluding hydrogens is 1180 g/mol. The van der Waals surface area contributed by atoms with Gasteiger partial charge in [-0.15, -0.1) is 0 Å². The Bertz CT molecular complexity index is 2560. The van der Waals surface area contributed by atoms with Gasteiger partial charge in [0.05, 0.1) is 68.0 Å². The van der Waals surface area contributed by atoms with Crippen molar-refractivity contribution in [2.75, 3.05) is 46.2 Å². The Labute approximate surface area is 536 Å². The first-order valence-electron chi connectivity index (χ1n) is 32.5. The molecule has 10 rings (SSSR count). The molecule has 0 heterocycles. The lowest BCUT2D eigenvalue weighted by Crippen LogP contribution is -2.13. The van der Waals surface area contributed by atoms with Crippen molar-refractivity contribution in [2.24, 2.45) is 94.7 Å². The summed E-state index contributed by atoms with van der Waals surface area (Å²) in [5, 5.41) is 59.5. The lowest BCUT2D eigenvalue weighted by molar-refractivity contribution is -0.150. The molecule has 2 aromatic carbocycles. The van der Waals surface area contributed by atoms with Crippen LogP contribution < -0.4 is 0 Å². The van der Waals surface area contributed by atoms with Crippen LogP contribution in [0.4, 0.5) is 0 Å². The molecule has 0 aliphatic heterocycles. The average Bonchev–Trinajstić information content (AvgIpc) is 2.07. The minimum Gasteiger partial charge on any atom is -0.481 e. The van der Waals surface area contributed by atoms with Crippen molar-refractivity contribution in [1.82, 2.24) is 0 Å². The smallest absolute Gasteiger partial charge is 0.309 e. The molecule has 0 radical (unpaired) electrons. The second kappa shape index (κ2) is 42.2. The maximum absolute atomic E-state index is 11.4. The fourth-order valence-electron chi connectivity index (χ4n) is 10.2. The van der Waals surface area contributed by atoms with E-state index in [9.17, 15) is 43.2 Å². The van der Waals surface area contributed by atoms with Gasteiger partial charge in [-0.3, -0.25) is 43.2 Å². The van der Waals surface area contributed by atoms with Gasteiger partial charge in [0.25, 0.3) is 0 Å². The Kier molecular flexibility index (Phi) is 36.3. The van der Waals surface area contributed by atoms with E-state index in [2.05, 4.69) is 31.6 Å². The third-order valence-corrected chi connectivity index (χ3v) is 17.1. The predicted molar refractivity (Wildman–Crippen MR) is 331 cm³/mol. The van der Waals surface area contributed by atoms with E-state index >= 15 is 0 Å². The van der Waals surface area contributed by atoms with Crippen LogP contribution in [-0.4, -0.2) is 131 Å². The van der Waals surface area contributed by atoms with E-state index in [0.29, 0.717) is 89.0 Å². The molecule has 22 nitrogen and oxygen atoms in total. The topological polar surface area (TPSA) is 354 Å². The molecule has 0 saturated heterocycles. The van der Waals surface area contributed by atoms with E-state index < -0.39 is 23.8 Å². The van der Waals surface area contributed by atoms with Crippen LogP contribution in [-0.2, 0) is 84.8 Å². The standard InChI is InChI=1S/C13H14O4.C13H16O3.C9H14O4.C8H14O2.C7H11N.C7H10O4.C6H10O3.C6H12O/c14-12(7-10-6-11(10)13(15)16)17-8-9-4-2-1-3-5-9;14-8-12-6-11(12)7-13(15)16-9-10-4-2-1-3-5-10;1-3-12-8(10)6-5-7(6)9(11)13-4-2;1-3-6-5-7(6)8(9)10-4-2;1-2-6-5-7(6)3-4-8;1-2-11-7(10)5-3-4(5)6(8)9;7-3-5-1-4(5)2-6(8)9;1-2-5-3-6(5)4-7/h1-5,10-11H,6-8H2,(H,15,16);1-5,11-12,14H,6-9H2;6-7H,3-5H2,1-2H3;6-7H,3-5H2,1-2H3;6-7H,2-3,5H2,1H3;4-5H,2-3H2,1H3,(H,8,9);4-5,7H,1-3H2,(H,8,9);5-7H,2-4H2,1H3/t10-,11+;11-,12-;3*6-,7-;2*4-,5-;5-,6+/m11000010/s1. The number of carbonyl (C=O) groups is 9. The van der Waals surface area contributed by atoms with Gasteiger partial charge < -0.3 is 59.1 Å². The van der Waals surface area contributed by atoms with Crippen LogP contribution in [0.2, 0.25) is 0 Å². The highest BCUT2D eigenvalue weighted by Crippen LogP contribution is 2.45. The number of carbonyl (C=O) groups excluding carboxylic acids is 6. The fraction of sp³-hybridized carbons (Fsp3) is 0.681. The lowest BCUT2D eigenvalue weighted by Gasteiger charge is -2.04. The number of aliphatic carboxylic acids is 3. The number of esters is 6. The Morgan fingerprint density at radius 2 is 0.725 bits per heavy atom. The van der Waals surface area contributed by atoms with Gasteiger partial charge in [-0.05, 0) is 149 Å². The normalized spacial score (nSPS) is 27.4. The largest absolute Gasteiger partial charge is 0.481 e. The van der Waals surface area contributed by atoms with E-state index in [0.717, 1.165) is 61.0 Å². The third kappa shape index (κ3) is 32.3. The van der Waals surface area contributed by atoms with Gasteiger partial charge in [0.1, 0.15) is 13.2 Å². The predicted octanol–water partition coefficient (Wildman–Crippen LogP) is 9.26. The van der Waals surface area contributed by atoms with Crippen LogP contribution in [0.3, 0.4) is 0 Å². The molecule has 22 heteroatoms. The molecule has 8 aliphatic carbocycles. The zero-order chi connectivity index (χ0) is 67.6. The van der Waals surface area contributed by atoms with Gasteiger partial charge in [0, 0.05) is 45.5 Å². The molecule has 8 aliphatic rings. The summed E-state index contributed by atoms with van der Waals surface area (Å²) in [6.45, 7) is 16.5. The van der Waals surface area contributed by atoms with Crippen molar-refractivity contribution in [1.29, 1.82) is 5.26 Å². The van der Waals surface area contributed by atoms with Crippen LogP contribution in [0.1, 0.15) is 156 Å². The average molecular weight is 1280 g/mol. The van der Waals surface area contributed by atoms with Crippen molar-refractivity contribution in [3.05, 3.63) is 71.8 Å². The van der Waals surface area contributed by atoms with Crippen molar-refractivity contribution >= 4 is 53.7 Å². The molecular formula is C69H101NO21. The summed E-state index contributed by atoms with van der Waals surface area (Å²) in [4.78, 5) is 97.7. The maximum atomic E-state index is 11.4. The second-order valence-electron chi connectivity index (χ2n) is 24.2. The van der Waals surface area contributed by atoms with E-state index in [-0.39, 0.29) is 116 Å². The molecule has 0 aromatic heterocycles. The molecule has 0 unspecified atom stereocenters. The molecule has 8 fully saturated rings. The summed E-state index contributed by atoms with van der Waals surface area (Å²) >= 11 is 0. The maximum Gasteiger partial charge on any atom is 0.309 e. The summed E-state index contributed by atoms with van der Waals surface area (Å²) in [6, 6.07) is 21.2. The van der Waals surface area contributed by atoms with Gasteiger partial charge in [-0.2, -0.15) is 5.26 Å². The number of hydrogen-bond donors (Lipinski definition) is 6. The molecule has 2 aromatic rings. The molecule has 91 heavy (non-hydrogen) atoms. The van der Waals surface area contributed by atoms with Gasteiger partial charge in [-0.25, -0.2) is 0 Å². The number of hydrogen-bond acceptors (Lipinski definition) is 19. The fourth-order valence-corrected chi connectivity index (χ4v) is 10.2. The van der Waals surface area contributed by atoms with Crippen LogP contribution >= 0.6 is 0 Å². The Morgan fingerprint density at radius 3 is 1.03 bits per heavy atom. The number of benzene rings is 2. The monoisotopic (exact) mass is 1280 g/mol. The van der Waals surface area contributed by atoms with Crippen LogP contribution in [0.25, 0.3) is 0 Å². The van der Waals surface area contributed by atoms with Gasteiger partial charge in [0.2, 0.25) is 0 Å². The number of nitriles is 1. The van der Waals surface area contributed by atoms with Crippen molar-refractivity contribution in [3.63, 3.8) is 0 Å². The summed E-state index contributed by atoms with van der Waals surface area (Å²) in [6.07, 6.45) is 12.4. The van der Waals surface area contributed by atoms with E-state index in [1.165, 1.54) is 25.7 Å². The van der Waals surface area contributed by atoms with E-state index in [4.69, 9.17) is 59.6 Å². The van der Waals surface area contributed by atoms with Gasteiger partial charge in [0.15, 0.2) is 0 Å². The van der Waals surface area contributed by atoms with E-state index in [1.54, 1.807) is 20.8 Å². The Balaban J connectivity index is 0.000000276. The van der Waals surface area contributed by atoms with Gasteiger partial charge >= 0.3 is 53.7 Å². The number of rotatable bonds is 27. The van der Waals surface area contributed by atoms with Crippen LogP contribution in [0.5, 0.6) is 0 Å². The highest BCUT2D eigenvalue weighted by molar-refractivity contribution is 5.87. The number of aliphatic hydroxyl groups excluding tert-OH is 3. The second-order valence-corrected chi connectivity index (χ2v) is 24.2. The lowest BCUT2D eigenvalue weighted by atomic mass is 10.2. The van der Waals surface area contributed by atoms with Crippen molar-refractivity contribution in [2.45, 2.75) is 158 Å². The number of aliphatic hydroxyl groups is 3. The summed E-state index contributed by atoms with van der Waals surface area (Å²) in [5.74, 6) is -0.355. The molecule has 0 spiro atoms. The quantitative estimate of drug-likeness (QED) is 0.0358. The molecule has 16 atom stereocenters. The number of ether oxygens (including phenoxy) is 6. The SMILES string of the molecule is CCOC(=O)[C@H]1C[C@@H]1C(=O)O.CCOC(=O)[C@H]1C[C@@H]1C(=O)OCC.CCOC(=O)[C@H]1C[C@@H]1CC.CC[C@H]1C[C@@H]1CC#N.CC[C@H]1C[C@@H]1CO.O=C(C[C@H]1C[C@@H]1C(=O)O)OCc1ccccc1.O=C(C[C@H]1C[C@@H]1CO)OCc1ccccc1.O=C(O)C[C@H]1C[C@@H]1CO. The summed E-state index contributed by atoms with van der Waals surface area (Å²) in [5.41, 5.74) is 1.94. The van der Waals surface area contributed by atoms with Crippen LogP contribution in [0, 0.1) is 106 Å². The number of nitrogens with zero attached hydrogens (tertiary/aromatic N) is 1. The molecule has 508 valence electrons. The first kappa shape index (κ1) is 78.3. The van der Waals surface area contributed by atoms with Crippen molar-refractivity contribution in [3.8, 4) is 6.07 Å². The minimum atomic E-state index is -0.900. The molecule has 8 saturated carbocycles. The first-order chi connectivity index (χ1) is 43.6. The molecule has 0 amide bonds. The van der Waals surface area contributed by atoms with Gasteiger partial charge in [-0.1, -0.05) is 101 Å². The van der Waals surface area contributed by atoms with Crippen molar-refractivity contribution < 1.29 is 102 Å². The number of carboxylic acid groups (broad SMARTS) is 3. The third-order valence-electron chi connectivity index (χ3n) is 17.1. The molecule has 0 bridgehead atoms. The minimum absolute atomic E-state index is 0.00866. The first-order valence-corrected chi connectivity index (χ1v) is 32.5. The highest BCUT2D eigenvalue weighted by Gasteiger charge is 2.51. The molecule has 6 N–H and O–H groups in total. The summed E-state index contributed by atoms with van der Waals surface area (Å²) in [7, 11) is 0.